The van der Waals surface area contributed by atoms with Crippen molar-refractivity contribution in [3.8, 4) is 0 Å². The van der Waals surface area contributed by atoms with E-state index < -0.39 is 0 Å². The molecule has 21 heavy (non-hydrogen) atoms. The lowest BCUT2D eigenvalue weighted by Gasteiger charge is -2.21. The van der Waals surface area contributed by atoms with Crippen molar-refractivity contribution in [1.29, 1.82) is 0 Å². The van der Waals surface area contributed by atoms with Crippen molar-refractivity contribution in [3.05, 3.63) is 65.9 Å². The molecule has 1 aliphatic heterocycles. The lowest BCUT2D eigenvalue weighted by Crippen LogP contribution is -2.16. The fourth-order valence-corrected chi connectivity index (χ4v) is 3.08. The van der Waals surface area contributed by atoms with Crippen molar-refractivity contribution in [2.45, 2.75) is 13.0 Å². The minimum Gasteiger partial charge on any atom is -0.390 e. The molecular formula is C18H16N2O. The van der Waals surface area contributed by atoms with E-state index in [-0.39, 0.29) is 6.61 Å². The van der Waals surface area contributed by atoms with Gasteiger partial charge in [0.1, 0.15) is 5.82 Å². The second-order valence-corrected chi connectivity index (χ2v) is 5.35. The Morgan fingerprint density at radius 3 is 2.76 bits per heavy atom. The summed E-state index contributed by atoms with van der Waals surface area (Å²) in [6.07, 6.45) is 1.04. The van der Waals surface area contributed by atoms with Gasteiger partial charge in [-0.3, -0.25) is 0 Å². The number of aromatic nitrogens is 1. The molecule has 1 aromatic heterocycles. The van der Waals surface area contributed by atoms with Crippen molar-refractivity contribution < 1.29 is 5.11 Å². The first kappa shape index (κ1) is 12.4. The number of nitrogens with zero attached hydrogens (tertiary/aromatic N) is 2. The molecule has 0 aliphatic carbocycles. The molecule has 0 atom stereocenters. The van der Waals surface area contributed by atoms with Crippen molar-refractivity contribution in [2.24, 2.45) is 0 Å². The van der Waals surface area contributed by atoms with Crippen LogP contribution in [-0.2, 0) is 13.0 Å². The summed E-state index contributed by atoms with van der Waals surface area (Å²) >= 11 is 0. The Hall–Kier alpha value is -2.39. The molecule has 4 rings (SSSR count). The minimum absolute atomic E-state index is 0.0344. The second kappa shape index (κ2) is 4.86. The van der Waals surface area contributed by atoms with Crippen LogP contribution in [0.25, 0.3) is 10.8 Å². The van der Waals surface area contributed by atoms with Crippen molar-refractivity contribution >= 4 is 22.3 Å². The van der Waals surface area contributed by atoms with Crippen molar-refractivity contribution in [2.75, 3.05) is 11.4 Å². The summed E-state index contributed by atoms with van der Waals surface area (Å²) in [4.78, 5) is 6.94. The first-order valence-corrected chi connectivity index (χ1v) is 7.22. The van der Waals surface area contributed by atoms with Gasteiger partial charge in [0.2, 0.25) is 0 Å². The van der Waals surface area contributed by atoms with Gasteiger partial charge in [0.25, 0.3) is 0 Å². The number of para-hydroxylation sites is 1. The lowest BCUT2D eigenvalue weighted by atomic mass is 10.1. The molecule has 0 spiro atoms. The zero-order chi connectivity index (χ0) is 14.2. The highest BCUT2D eigenvalue weighted by Crippen LogP contribution is 2.37. The van der Waals surface area contributed by atoms with Crippen LogP contribution in [0, 0.1) is 0 Å². The topological polar surface area (TPSA) is 36.4 Å². The SMILES string of the molecule is OCc1cc2ccccc2c(N2CCc3ccccc32)n1. The van der Waals surface area contributed by atoms with Gasteiger partial charge in [-0.15, -0.1) is 0 Å². The van der Waals surface area contributed by atoms with E-state index in [9.17, 15) is 5.11 Å². The molecule has 104 valence electrons. The maximum Gasteiger partial charge on any atom is 0.141 e. The third-order valence-corrected chi connectivity index (χ3v) is 4.08. The first-order valence-electron chi connectivity index (χ1n) is 7.22. The van der Waals surface area contributed by atoms with E-state index in [0.717, 1.165) is 29.6 Å². The van der Waals surface area contributed by atoms with Crippen LogP contribution >= 0.6 is 0 Å². The quantitative estimate of drug-likeness (QED) is 0.779. The largest absolute Gasteiger partial charge is 0.390 e. The predicted octanol–water partition coefficient (Wildman–Crippen LogP) is 3.42. The normalized spacial score (nSPS) is 13.7. The van der Waals surface area contributed by atoms with Crippen LogP contribution in [0.4, 0.5) is 11.5 Å². The Labute approximate surface area is 123 Å². The van der Waals surface area contributed by atoms with E-state index in [0.29, 0.717) is 5.69 Å². The molecule has 2 aromatic carbocycles. The second-order valence-electron chi connectivity index (χ2n) is 5.35. The van der Waals surface area contributed by atoms with E-state index in [1.165, 1.54) is 11.3 Å². The monoisotopic (exact) mass is 276 g/mol. The molecule has 3 heteroatoms. The number of pyridine rings is 1. The summed E-state index contributed by atoms with van der Waals surface area (Å²) in [5.74, 6) is 0.946. The van der Waals surface area contributed by atoms with Gasteiger partial charge in [-0.1, -0.05) is 42.5 Å². The number of fused-ring (bicyclic) bond motifs is 2. The van der Waals surface area contributed by atoms with Crippen molar-refractivity contribution in [1.82, 2.24) is 4.98 Å². The van der Waals surface area contributed by atoms with Gasteiger partial charge in [0.05, 0.1) is 12.3 Å². The number of hydrogen-bond donors (Lipinski definition) is 1. The first-order chi connectivity index (χ1) is 10.4. The average molecular weight is 276 g/mol. The number of rotatable bonds is 2. The number of aliphatic hydroxyl groups excluding tert-OH is 1. The maximum atomic E-state index is 9.48. The van der Waals surface area contributed by atoms with E-state index in [4.69, 9.17) is 0 Å². The molecule has 0 radical (unpaired) electrons. The zero-order valence-electron chi connectivity index (χ0n) is 11.7. The van der Waals surface area contributed by atoms with Crippen LogP contribution < -0.4 is 4.90 Å². The molecular weight excluding hydrogens is 260 g/mol. The molecule has 0 amide bonds. The molecule has 0 saturated heterocycles. The Bertz CT molecular complexity index is 813. The average Bonchev–Trinajstić information content (AvgIpc) is 2.97. The summed E-state index contributed by atoms with van der Waals surface area (Å²) < 4.78 is 0. The van der Waals surface area contributed by atoms with E-state index in [1.807, 2.05) is 18.2 Å². The molecule has 0 fully saturated rings. The summed E-state index contributed by atoms with van der Waals surface area (Å²) in [6.45, 7) is 0.901. The molecule has 3 nitrogen and oxygen atoms in total. The van der Waals surface area contributed by atoms with Crippen molar-refractivity contribution in [3.63, 3.8) is 0 Å². The third-order valence-electron chi connectivity index (χ3n) is 4.08. The van der Waals surface area contributed by atoms with Crippen LogP contribution in [0.2, 0.25) is 0 Å². The molecule has 1 N–H and O–H groups in total. The van der Waals surface area contributed by atoms with E-state index in [1.54, 1.807) is 0 Å². The van der Waals surface area contributed by atoms with E-state index >= 15 is 0 Å². The van der Waals surface area contributed by atoms with Gasteiger partial charge in [-0.2, -0.15) is 0 Å². The van der Waals surface area contributed by atoms with Crippen LogP contribution in [0.5, 0.6) is 0 Å². The molecule has 0 bridgehead atoms. The van der Waals surface area contributed by atoms with Gasteiger partial charge in [-0.25, -0.2) is 4.98 Å². The highest BCUT2D eigenvalue weighted by Gasteiger charge is 2.22. The molecule has 2 heterocycles. The van der Waals surface area contributed by atoms with Crippen LogP contribution in [0.15, 0.2) is 54.6 Å². The molecule has 0 saturated carbocycles. The molecule has 1 aliphatic rings. The third kappa shape index (κ3) is 1.98. The fraction of sp³-hybridized carbons (Fsp3) is 0.167. The standard InChI is InChI=1S/C18H16N2O/c21-12-15-11-14-6-1-3-7-16(14)18(19-15)20-10-9-13-5-2-4-8-17(13)20/h1-8,11,21H,9-10,12H2. The fourth-order valence-electron chi connectivity index (χ4n) is 3.08. The maximum absolute atomic E-state index is 9.48. The predicted molar refractivity (Wildman–Crippen MR) is 84.8 cm³/mol. The number of hydrogen-bond acceptors (Lipinski definition) is 3. The van der Waals surface area contributed by atoms with Gasteiger partial charge in [-0.05, 0) is 29.5 Å². The smallest absolute Gasteiger partial charge is 0.141 e. The van der Waals surface area contributed by atoms with E-state index in [2.05, 4.69) is 46.3 Å². The zero-order valence-corrected chi connectivity index (χ0v) is 11.7. The Kier molecular flexibility index (Phi) is 2.86. The Balaban J connectivity index is 1.95. The highest BCUT2D eigenvalue weighted by atomic mass is 16.3. The Morgan fingerprint density at radius 2 is 1.86 bits per heavy atom. The number of aliphatic hydroxyl groups is 1. The molecule has 3 aromatic rings. The molecule has 0 unspecified atom stereocenters. The lowest BCUT2D eigenvalue weighted by molar-refractivity contribution is 0.277. The minimum atomic E-state index is -0.0344. The summed E-state index contributed by atoms with van der Waals surface area (Å²) in [5.41, 5.74) is 3.30. The van der Waals surface area contributed by atoms with Gasteiger partial charge in [0.15, 0.2) is 0 Å². The number of anilines is 2. The van der Waals surface area contributed by atoms with Crippen LogP contribution in [0.3, 0.4) is 0 Å². The van der Waals surface area contributed by atoms with Gasteiger partial charge < -0.3 is 10.0 Å². The van der Waals surface area contributed by atoms with Gasteiger partial charge in [0, 0.05) is 17.6 Å². The summed E-state index contributed by atoms with van der Waals surface area (Å²) in [7, 11) is 0. The summed E-state index contributed by atoms with van der Waals surface area (Å²) in [5, 5.41) is 11.7. The van der Waals surface area contributed by atoms with Gasteiger partial charge >= 0.3 is 0 Å². The van der Waals surface area contributed by atoms with Crippen LogP contribution in [-0.4, -0.2) is 16.6 Å². The van der Waals surface area contributed by atoms with Crippen LogP contribution in [0.1, 0.15) is 11.3 Å². The summed E-state index contributed by atoms with van der Waals surface area (Å²) in [6, 6.07) is 18.6. The Morgan fingerprint density at radius 1 is 1.05 bits per heavy atom. The number of benzene rings is 2. The highest BCUT2D eigenvalue weighted by molar-refractivity contribution is 5.95.